The molecule has 2 heterocycles. The maximum Gasteiger partial charge on any atom is 0.275 e. The Morgan fingerprint density at radius 1 is 1.00 bits per heavy atom. The SMILES string of the molecule is COc1ncnc(NS(=O)(=O)c2ccc(N=C3C(=O)Nc4ccccc43)cc2)c1OC. The Bertz CT molecular complexity index is 1290. The average molecular weight is 439 g/mol. The fourth-order valence-corrected chi connectivity index (χ4v) is 4.00. The van der Waals surface area contributed by atoms with E-state index in [9.17, 15) is 13.2 Å². The van der Waals surface area contributed by atoms with Gasteiger partial charge in [0.05, 0.1) is 30.5 Å². The number of benzene rings is 2. The molecule has 31 heavy (non-hydrogen) atoms. The number of aliphatic imine (C=N–C) groups is 1. The van der Waals surface area contributed by atoms with Crippen LogP contribution >= 0.6 is 0 Å². The van der Waals surface area contributed by atoms with Crippen molar-refractivity contribution in [3.05, 3.63) is 60.4 Å². The molecule has 10 nitrogen and oxygen atoms in total. The van der Waals surface area contributed by atoms with Crippen molar-refractivity contribution in [2.75, 3.05) is 24.3 Å². The Hall–Kier alpha value is -3.99. The molecule has 4 rings (SSSR count). The average Bonchev–Trinajstić information content (AvgIpc) is 3.08. The predicted molar refractivity (Wildman–Crippen MR) is 114 cm³/mol. The van der Waals surface area contributed by atoms with Crippen LogP contribution < -0.4 is 19.5 Å². The van der Waals surface area contributed by atoms with E-state index in [2.05, 4.69) is 25.0 Å². The number of carbonyl (C=O) groups excluding carboxylic acids is 1. The van der Waals surface area contributed by atoms with Gasteiger partial charge in [0.2, 0.25) is 5.75 Å². The number of rotatable bonds is 6. The quantitative estimate of drug-likeness (QED) is 0.603. The fourth-order valence-electron chi connectivity index (χ4n) is 2.99. The smallest absolute Gasteiger partial charge is 0.275 e. The summed E-state index contributed by atoms with van der Waals surface area (Å²) in [5.41, 5.74) is 2.07. The van der Waals surface area contributed by atoms with Gasteiger partial charge in [-0.3, -0.25) is 9.52 Å². The zero-order valence-corrected chi connectivity index (χ0v) is 17.3. The Morgan fingerprint density at radius 3 is 2.45 bits per heavy atom. The maximum absolute atomic E-state index is 12.8. The first-order chi connectivity index (χ1) is 14.9. The summed E-state index contributed by atoms with van der Waals surface area (Å²) in [6.07, 6.45) is 1.16. The molecule has 3 aromatic rings. The number of hydrogen-bond acceptors (Lipinski definition) is 8. The Balaban J connectivity index is 1.61. The molecule has 1 amide bonds. The highest BCUT2D eigenvalue weighted by Gasteiger charge is 2.25. The van der Waals surface area contributed by atoms with Crippen LogP contribution in [0.1, 0.15) is 5.56 Å². The number of para-hydroxylation sites is 1. The van der Waals surface area contributed by atoms with Crippen LogP contribution in [-0.2, 0) is 14.8 Å². The van der Waals surface area contributed by atoms with E-state index in [1.54, 1.807) is 12.1 Å². The lowest BCUT2D eigenvalue weighted by molar-refractivity contribution is -0.110. The van der Waals surface area contributed by atoms with Crippen LogP contribution in [0.2, 0.25) is 0 Å². The van der Waals surface area contributed by atoms with Crippen molar-refractivity contribution in [1.82, 2.24) is 9.97 Å². The molecule has 0 fully saturated rings. The molecule has 0 atom stereocenters. The third-order valence-electron chi connectivity index (χ3n) is 4.43. The van der Waals surface area contributed by atoms with Gasteiger partial charge in [-0.05, 0) is 30.3 Å². The van der Waals surface area contributed by atoms with Crippen molar-refractivity contribution < 1.29 is 22.7 Å². The number of sulfonamides is 1. The van der Waals surface area contributed by atoms with Crippen LogP contribution in [0.15, 0.2) is 64.7 Å². The third-order valence-corrected chi connectivity index (χ3v) is 5.79. The Morgan fingerprint density at radius 2 is 1.74 bits per heavy atom. The number of hydrogen-bond donors (Lipinski definition) is 2. The van der Waals surface area contributed by atoms with E-state index in [0.29, 0.717) is 16.9 Å². The molecule has 0 saturated heterocycles. The minimum Gasteiger partial charge on any atom is -0.489 e. The number of amides is 1. The molecule has 1 aromatic heterocycles. The van der Waals surface area contributed by atoms with Gasteiger partial charge in [0.15, 0.2) is 5.82 Å². The van der Waals surface area contributed by atoms with Crippen LogP contribution in [0.3, 0.4) is 0 Å². The molecule has 158 valence electrons. The highest BCUT2D eigenvalue weighted by molar-refractivity contribution is 7.92. The molecule has 11 heteroatoms. The van der Waals surface area contributed by atoms with Gasteiger partial charge in [-0.2, -0.15) is 4.98 Å². The lowest BCUT2D eigenvalue weighted by Gasteiger charge is -2.12. The van der Waals surface area contributed by atoms with Crippen LogP contribution in [0.5, 0.6) is 11.6 Å². The minimum absolute atomic E-state index is 0.0210. The van der Waals surface area contributed by atoms with Gasteiger partial charge in [0, 0.05) is 5.56 Å². The van der Waals surface area contributed by atoms with E-state index in [1.807, 2.05) is 12.1 Å². The predicted octanol–water partition coefficient (Wildman–Crippen LogP) is 2.37. The van der Waals surface area contributed by atoms with Crippen LogP contribution in [0.25, 0.3) is 0 Å². The van der Waals surface area contributed by atoms with E-state index in [-0.39, 0.29) is 34.0 Å². The molecule has 1 aliphatic rings. The molecule has 2 N–H and O–H groups in total. The second kappa shape index (κ2) is 8.03. The number of carbonyl (C=O) groups is 1. The zero-order chi connectivity index (χ0) is 22.0. The summed E-state index contributed by atoms with van der Waals surface area (Å²) < 4.78 is 38.1. The molecule has 0 bridgehead atoms. The van der Waals surface area contributed by atoms with E-state index in [4.69, 9.17) is 9.47 Å². The Labute approximate surface area is 178 Å². The van der Waals surface area contributed by atoms with Gasteiger partial charge in [-0.1, -0.05) is 18.2 Å². The monoisotopic (exact) mass is 439 g/mol. The highest BCUT2D eigenvalue weighted by Crippen LogP contribution is 2.32. The Kier molecular flexibility index (Phi) is 5.26. The molecule has 0 radical (unpaired) electrons. The summed E-state index contributed by atoms with van der Waals surface area (Å²) in [4.78, 5) is 24.3. The van der Waals surface area contributed by atoms with E-state index < -0.39 is 10.0 Å². The van der Waals surface area contributed by atoms with Crippen molar-refractivity contribution in [1.29, 1.82) is 0 Å². The summed E-state index contributed by atoms with van der Waals surface area (Å²) in [6.45, 7) is 0. The standard InChI is InChI=1S/C20H17N5O5S/c1-29-17-18(21-11-22-20(17)30-2)25-31(27,28)13-9-7-12(8-10-13)23-16-14-5-3-4-6-15(14)24-19(16)26/h3-11H,1-2H3,(H,21,22,25)(H,23,24,26). The van der Waals surface area contributed by atoms with E-state index >= 15 is 0 Å². The summed E-state index contributed by atoms with van der Waals surface area (Å²) in [6, 6.07) is 13.0. The lowest BCUT2D eigenvalue weighted by Crippen LogP contribution is -2.15. The van der Waals surface area contributed by atoms with E-state index in [0.717, 1.165) is 6.33 Å². The third kappa shape index (κ3) is 3.90. The number of methoxy groups -OCH3 is 2. The van der Waals surface area contributed by atoms with Gasteiger partial charge in [0.1, 0.15) is 12.0 Å². The molecule has 2 aromatic carbocycles. The number of nitrogens with zero attached hydrogens (tertiary/aromatic N) is 3. The molecule has 0 spiro atoms. The van der Waals surface area contributed by atoms with Gasteiger partial charge in [-0.25, -0.2) is 18.4 Å². The summed E-state index contributed by atoms with van der Waals surface area (Å²) in [5.74, 6) is -0.221. The van der Waals surface area contributed by atoms with Crippen molar-refractivity contribution in [2.45, 2.75) is 4.90 Å². The van der Waals surface area contributed by atoms with E-state index in [1.165, 1.54) is 38.5 Å². The highest BCUT2D eigenvalue weighted by atomic mass is 32.2. The van der Waals surface area contributed by atoms with Crippen LogP contribution in [-0.4, -0.2) is 44.2 Å². The molecule has 0 aliphatic carbocycles. The van der Waals surface area contributed by atoms with Gasteiger partial charge in [0.25, 0.3) is 21.8 Å². The minimum atomic E-state index is -3.98. The summed E-state index contributed by atoms with van der Waals surface area (Å²) in [7, 11) is -1.25. The van der Waals surface area contributed by atoms with Crippen molar-refractivity contribution in [3.8, 4) is 11.6 Å². The van der Waals surface area contributed by atoms with Gasteiger partial charge < -0.3 is 14.8 Å². The topological polar surface area (TPSA) is 132 Å². The number of aromatic nitrogens is 2. The molecular formula is C20H17N5O5S. The second-order valence-electron chi connectivity index (χ2n) is 6.32. The first kappa shape index (κ1) is 20.3. The number of nitrogens with one attached hydrogen (secondary N) is 2. The number of fused-ring (bicyclic) bond motifs is 1. The molecule has 1 aliphatic heterocycles. The number of anilines is 2. The lowest BCUT2D eigenvalue weighted by atomic mass is 10.1. The second-order valence-corrected chi connectivity index (χ2v) is 8.01. The van der Waals surface area contributed by atoms with Crippen molar-refractivity contribution in [2.24, 2.45) is 4.99 Å². The van der Waals surface area contributed by atoms with Crippen molar-refractivity contribution >= 4 is 38.8 Å². The normalized spacial score (nSPS) is 14.1. The zero-order valence-electron chi connectivity index (χ0n) is 16.5. The van der Waals surface area contributed by atoms with Crippen molar-refractivity contribution in [3.63, 3.8) is 0 Å². The molecular weight excluding hydrogens is 422 g/mol. The van der Waals surface area contributed by atoms with Crippen LogP contribution in [0, 0.1) is 0 Å². The summed E-state index contributed by atoms with van der Waals surface area (Å²) in [5, 5.41) is 2.74. The van der Waals surface area contributed by atoms with Gasteiger partial charge >= 0.3 is 0 Å². The van der Waals surface area contributed by atoms with Crippen LogP contribution in [0.4, 0.5) is 17.2 Å². The van der Waals surface area contributed by atoms with Gasteiger partial charge in [-0.15, -0.1) is 0 Å². The largest absolute Gasteiger partial charge is 0.489 e. The molecule has 0 unspecified atom stereocenters. The number of ether oxygens (including phenoxy) is 2. The molecule has 0 saturated carbocycles. The first-order valence-electron chi connectivity index (χ1n) is 8.98. The maximum atomic E-state index is 12.8. The first-order valence-corrected chi connectivity index (χ1v) is 10.5. The fraction of sp³-hybridized carbons (Fsp3) is 0.100. The summed E-state index contributed by atoms with van der Waals surface area (Å²) >= 11 is 0.